The van der Waals surface area contributed by atoms with Crippen molar-refractivity contribution < 1.29 is 9.47 Å². The molecule has 0 aliphatic heterocycles. The maximum atomic E-state index is 6.22. The first-order valence-electron chi connectivity index (χ1n) is 10.5. The molecule has 0 aromatic heterocycles. The van der Waals surface area contributed by atoms with Crippen molar-refractivity contribution in [2.45, 2.75) is 59.7 Å². The van der Waals surface area contributed by atoms with Crippen LogP contribution in [0.4, 0.5) is 0 Å². The average molecular weight is 381 g/mol. The maximum absolute atomic E-state index is 6.22. The SMILES string of the molecule is COc1ccccc1C/C=C/c1ccc(COC(CC(C)C)CC(C)C)cc1. The molecule has 0 aliphatic rings. The summed E-state index contributed by atoms with van der Waals surface area (Å²) in [5.41, 5.74) is 3.64. The molecular formula is C26H36O2. The molecule has 0 saturated heterocycles. The van der Waals surface area contributed by atoms with Crippen LogP contribution in [-0.2, 0) is 17.8 Å². The van der Waals surface area contributed by atoms with Crippen LogP contribution in [0.3, 0.4) is 0 Å². The van der Waals surface area contributed by atoms with Crippen molar-refractivity contribution in [3.05, 3.63) is 71.3 Å². The third-order valence-electron chi connectivity index (χ3n) is 4.77. The first kappa shape index (κ1) is 22.2. The number of methoxy groups -OCH3 is 1. The van der Waals surface area contributed by atoms with Crippen LogP contribution in [0.5, 0.6) is 5.75 Å². The highest BCUT2D eigenvalue weighted by molar-refractivity contribution is 5.50. The number of hydrogen-bond donors (Lipinski definition) is 0. The summed E-state index contributed by atoms with van der Waals surface area (Å²) in [6.45, 7) is 9.76. The summed E-state index contributed by atoms with van der Waals surface area (Å²) in [6, 6.07) is 16.8. The van der Waals surface area contributed by atoms with Gasteiger partial charge in [-0.15, -0.1) is 0 Å². The maximum Gasteiger partial charge on any atom is 0.122 e. The van der Waals surface area contributed by atoms with Gasteiger partial charge in [-0.25, -0.2) is 0 Å². The summed E-state index contributed by atoms with van der Waals surface area (Å²) in [4.78, 5) is 0. The normalized spacial score (nSPS) is 11.9. The zero-order valence-corrected chi connectivity index (χ0v) is 18.2. The van der Waals surface area contributed by atoms with E-state index in [1.807, 2.05) is 18.2 Å². The van der Waals surface area contributed by atoms with Crippen LogP contribution in [0.15, 0.2) is 54.6 Å². The van der Waals surface area contributed by atoms with Crippen LogP contribution in [0, 0.1) is 11.8 Å². The van der Waals surface area contributed by atoms with Gasteiger partial charge in [0.25, 0.3) is 0 Å². The minimum Gasteiger partial charge on any atom is -0.496 e. The fraction of sp³-hybridized carbons (Fsp3) is 0.462. The fourth-order valence-electron chi connectivity index (χ4n) is 3.42. The minimum atomic E-state index is 0.348. The molecule has 0 atom stereocenters. The van der Waals surface area contributed by atoms with Gasteiger partial charge in [0.15, 0.2) is 0 Å². The molecule has 0 spiro atoms. The lowest BCUT2D eigenvalue weighted by atomic mass is 9.98. The third-order valence-corrected chi connectivity index (χ3v) is 4.77. The van der Waals surface area contributed by atoms with Crippen molar-refractivity contribution in [2.75, 3.05) is 7.11 Å². The molecule has 0 aliphatic carbocycles. The van der Waals surface area contributed by atoms with Crippen molar-refractivity contribution in [1.29, 1.82) is 0 Å². The van der Waals surface area contributed by atoms with E-state index in [2.05, 4.69) is 70.2 Å². The predicted octanol–water partition coefficient (Wildman–Crippen LogP) is 6.93. The van der Waals surface area contributed by atoms with Crippen LogP contribution in [-0.4, -0.2) is 13.2 Å². The van der Waals surface area contributed by atoms with Gasteiger partial charge >= 0.3 is 0 Å². The zero-order valence-electron chi connectivity index (χ0n) is 18.2. The Hall–Kier alpha value is -2.06. The summed E-state index contributed by atoms with van der Waals surface area (Å²) in [5.74, 6) is 2.27. The van der Waals surface area contributed by atoms with Crippen LogP contribution >= 0.6 is 0 Å². The first-order chi connectivity index (χ1) is 13.5. The lowest BCUT2D eigenvalue weighted by molar-refractivity contribution is 0.0142. The quantitative estimate of drug-likeness (QED) is 0.421. The van der Waals surface area contributed by atoms with Crippen LogP contribution < -0.4 is 4.74 Å². The van der Waals surface area contributed by atoms with Gasteiger partial charge in [-0.05, 0) is 53.9 Å². The lowest BCUT2D eigenvalue weighted by Gasteiger charge is -2.21. The van der Waals surface area contributed by atoms with E-state index in [9.17, 15) is 0 Å². The molecule has 2 nitrogen and oxygen atoms in total. The van der Waals surface area contributed by atoms with E-state index < -0.39 is 0 Å². The second-order valence-electron chi connectivity index (χ2n) is 8.35. The van der Waals surface area contributed by atoms with Gasteiger partial charge in [-0.1, -0.05) is 82.3 Å². The molecular weight excluding hydrogens is 344 g/mol. The largest absolute Gasteiger partial charge is 0.496 e. The molecule has 152 valence electrons. The Bertz CT molecular complexity index is 703. The minimum absolute atomic E-state index is 0.348. The van der Waals surface area contributed by atoms with E-state index in [1.54, 1.807) is 7.11 Å². The van der Waals surface area contributed by atoms with Gasteiger partial charge in [-0.2, -0.15) is 0 Å². The molecule has 2 aromatic carbocycles. The predicted molar refractivity (Wildman–Crippen MR) is 120 cm³/mol. The Morgan fingerprint density at radius 3 is 2.11 bits per heavy atom. The number of allylic oxidation sites excluding steroid dienone is 1. The summed E-state index contributed by atoms with van der Waals surface area (Å²) in [7, 11) is 1.72. The van der Waals surface area contributed by atoms with Gasteiger partial charge in [0.1, 0.15) is 5.75 Å². The number of hydrogen-bond acceptors (Lipinski definition) is 2. The van der Waals surface area contributed by atoms with E-state index in [4.69, 9.17) is 9.47 Å². The smallest absolute Gasteiger partial charge is 0.122 e. The second kappa shape index (κ2) is 11.7. The third kappa shape index (κ3) is 7.90. The number of benzene rings is 2. The molecule has 0 unspecified atom stereocenters. The van der Waals surface area contributed by atoms with Crippen molar-refractivity contribution in [1.82, 2.24) is 0 Å². The molecule has 0 radical (unpaired) electrons. The van der Waals surface area contributed by atoms with Gasteiger partial charge in [-0.3, -0.25) is 0 Å². The Morgan fingerprint density at radius 2 is 1.50 bits per heavy atom. The molecule has 0 saturated carbocycles. The van der Waals surface area contributed by atoms with E-state index in [0.29, 0.717) is 24.5 Å². The Morgan fingerprint density at radius 1 is 0.857 bits per heavy atom. The number of rotatable bonds is 11. The monoisotopic (exact) mass is 380 g/mol. The molecule has 2 heteroatoms. The van der Waals surface area contributed by atoms with Gasteiger partial charge in [0.2, 0.25) is 0 Å². The molecule has 2 rings (SSSR count). The van der Waals surface area contributed by atoms with Crippen LogP contribution in [0.25, 0.3) is 6.08 Å². The van der Waals surface area contributed by atoms with Crippen molar-refractivity contribution in [3.63, 3.8) is 0 Å². The molecule has 28 heavy (non-hydrogen) atoms. The Labute approximate surface area is 171 Å². The van der Waals surface area contributed by atoms with Crippen molar-refractivity contribution in [2.24, 2.45) is 11.8 Å². The van der Waals surface area contributed by atoms with Crippen LogP contribution in [0.1, 0.15) is 57.2 Å². The first-order valence-corrected chi connectivity index (χ1v) is 10.5. The second-order valence-corrected chi connectivity index (χ2v) is 8.35. The molecule has 0 heterocycles. The van der Waals surface area contributed by atoms with E-state index in [1.165, 1.54) is 16.7 Å². The average Bonchev–Trinajstić information content (AvgIpc) is 2.66. The topological polar surface area (TPSA) is 18.5 Å². The standard InChI is InChI=1S/C26H36O2/c1-20(2)17-25(18-21(3)4)28-19-23-15-13-22(14-16-23)9-8-11-24-10-6-7-12-26(24)27-5/h6-10,12-16,20-21,25H,11,17-19H2,1-5H3/b9-8+. The summed E-state index contributed by atoms with van der Waals surface area (Å²) >= 11 is 0. The highest BCUT2D eigenvalue weighted by Crippen LogP contribution is 2.20. The van der Waals surface area contributed by atoms with Crippen molar-refractivity contribution in [3.8, 4) is 5.75 Å². The van der Waals surface area contributed by atoms with E-state index in [0.717, 1.165) is 25.0 Å². The number of para-hydroxylation sites is 1. The summed E-state index contributed by atoms with van der Waals surface area (Å²) in [6.07, 6.45) is 7.81. The van der Waals surface area contributed by atoms with E-state index in [-0.39, 0.29) is 0 Å². The fourth-order valence-corrected chi connectivity index (χ4v) is 3.42. The van der Waals surface area contributed by atoms with Gasteiger partial charge in [0.05, 0.1) is 19.8 Å². The molecule has 2 aromatic rings. The summed E-state index contributed by atoms with van der Waals surface area (Å²) in [5, 5.41) is 0. The zero-order chi connectivity index (χ0) is 20.4. The Balaban J connectivity index is 1.88. The highest BCUT2D eigenvalue weighted by Gasteiger charge is 2.13. The number of ether oxygens (including phenoxy) is 2. The van der Waals surface area contributed by atoms with Gasteiger partial charge < -0.3 is 9.47 Å². The Kier molecular flexibility index (Phi) is 9.30. The lowest BCUT2D eigenvalue weighted by Crippen LogP contribution is -2.18. The molecule has 0 N–H and O–H groups in total. The molecule has 0 amide bonds. The summed E-state index contributed by atoms with van der Waals surface area (Å²) < 4.78 is 11.6. The van der Waals surface area contributed by atoms with E-state index >= 15 is 0 Å². The molecule has 0 bridgehead atoms. The molecule has 0 fully saturated rings. The van der Waals surface area contributed by atoms with Crippen LogP contribution in [0.2, 0.25) is 0 Å². The van der Waals surface area contributed by atoms with Crippen molar-refractivity contribution >= 4 is 6.08 Å². The van der Waals surface area contributed by atoms with Gasteiger partial charge in [0, 0.05) is 0 Å². The highest BCUT2D eigenvalue weighted by atomic mass is 16.5.